The number of morpholine rings is 2. The third-order valence-corrected chi connectivity index (χ3v) is 16.6. The topological polar surface area (TPSA) is 67.9 Å². The maximum atomic E-state index is 11.8. The van der Waals surface area contributed by atoms with Crippen LogP contribution in [-0.4, -0.2) is 261 Å². The Bertz CT molecular complexity index is 1460. The number of hydrogen-bond acceptors (Lipinski definition) is 12. The van der Waals surface area contributed by atoms with E-state index in [1.807, 2.05) is 25.7 Å². The van der Waals surface area contributed by atoms with Gasteiger partial charge in [-0.05, 0) is 168 Å². The summed E-state index contributed by atoms with van der Waals surface area (Å²) in [4.78, 5) is 36.4. The molecule has 1 amide bonds. The Morgan fingerprint density at radius 2 is 0.821 bits per heavy atom. The van der Waals surface area contributed by atoms with Crippen LogP contribution in [0, 0.1) is 10.8 Å². The van der Waals surface area contributed by atoms with Gasteiger partial charge in [0.1, 0.15) is 0 Å². The van der Waals surface area contributed by atoms with E-state index in [2.05, 4.69) is 175 Å². The standard InChI is InChI=1S/C14H28N2.C12H24N2O.C10H20N2O.C10H22N2.C9H19NO.C8H17N.2CH4/c1-12(2)15-7-9-16(10-8-15)13(3)11-14(4,5)6;1-11(2)13-5-3-12(4-6-13)14-7-9-15-10-8-14;1-10(2,3)9(13)12-7-5-11(4)6-8-12;1-9(2)11-5-7-12(8-6-11)10(3)4;1-7(2)10-5-8(3)11-9(4)6-10;1-8(2)9-6-4-3-5-7-9;;/h12H,3,7-11H2,1-2,4-6H3;11-12H,3-10H2,1-2H3;5-8H2,1-4H3;9-10H,5-8H2,1-4H3;7-9H,5-6H2,1-4H3;8H,3-7H2,1-2H3;2*1H4. The van der Waals surface area contributed by atoms with E-state index in [9.17, 15) is 4.79 Å². The predicted molar refractivity (Wildman–Crippen MR) is 341 cm³/mol. The zero-order valence-corrected chi connectivity index (χ0v) is 54.4. The second kappa shape index (κ2) is 39.2. The molecule has 13 nitrogen and oxygen atoms in total. The zero-order chi connectivity index (χ0) is 57.3. The minimum absolute atomic E-state index is 0. The number of likely N-dealkylation sites (tertiary alicyclic amines) is 2. The lowest BCUT2D eigenvalue weighted by molar-refractivity contribution is -0.141. The smallest absolute Gasteiger partial charge is 0.228 e. The fourth-order valence-corrected chi connectivity index (χ4v) is 11.3. The number of hydrogen-bond donors (Lipinski definition) is 0. The summed E-state index contributed by atoms with van der Waals surface area (Å²) >= 11 is 0. The molecule has 2 unspecified atom stereocenters. The second-order valence-electron chi connectivity index (χ2n) is 27.5. The van der Waals surface area contributed by atoms with Gasteiger partial charge in [0.15, 0.2) is 0 Å². The lowest BCUT2D eigenvalue weighted by Crippen LogP contribution is -2.50. The van der Waals surface area contributed by atoms with Crippen LogP contribution in [0.1, 0.15) is 192 Å². The highest BCUT2D eigenvalue weighted by molar-refractivity contribution is 5.81. The highest BCUT2D eigenvalue weighted by Gasteiger charge is 2.30. The molecule has 7 rings (SSSR count). The molecule has 7 heterocycles. The molecule has 0 aromatic rings. The molecule has 78 heavy (non-hydrogen) atoms. The Kier molecular flexibility index (Phi) is 38.5. The van der Waals surface area contributed by atoms with Crippen LogP contribution >= 0.6 is 0 Å². The molecule has 13 heteroatoms. The van der Waals surface area contributed by atoms with Gasteiger partial charge in [-0.15, -0.1) is 0 Å². The number of allylic oxidation sites excluding steroid dienone is 1. The van der Waals surface area contributed by atoms with Crippen molar-refractivity contribution in [3.63, 3.8) is 0 Å². The van der Waals surface area contributed by atoms with Crippen molar-refractivity contribution in [1.82, 2.24) is 49.0 Å². The van der Waals surface area contributed by atoms with E-state index in [0.717, 1.165) is 115 Å². The van der Waals surface area contributed by atoms with Gasteiger partial charge in [0.05, 0.1) is 25.4 Å². The van der Waals surface area contributed by atoms with Gasteiger partial charge in [-0.2, -0.15) is 0 Å². The molecule has 0 spiro atoms. The third kappa shape index (κ3) is 31.3. The van der Waals surface area contributed by atoms with Crippen LogP contribution in [0.3, 0.4) is 0 Å². The molecule has 466 valence electrons. The number of rotatable bonds is 9. The maximum absolute atomic E-state index is 11.8. The number of piperidine rings is 2. The van der Waals surface area contributed by atoms with Crippen LogP contribution in [0.2, 0.25) is 0 Å². The first-order chi connectivity index (χ1) is 35.5. The van der Waals surface area contributed by atoms with Crippen LogP contribution in [-0.2, 0) is 14.3 Å². The summed E-state index contributed by atoms with van der Waals surface area (Å²) < 4.78 is 11.0. The molecule has 0 radical (unpaired) electrons. The fraction of sp³-hybridized carbons (Fsp3) is 0.954. The van der Waals surface area contributed by atoms with E-state index in [1.165, 1.54) is 103 Å². The molecule has 7 aliphatic heterocycles. The van der Waals surface area contributed by atoms with Gasteiger partial charge in [0, 0.05) is 158 Å². The summed E-state index contributed by atoms with van der Waals surface area (Å²) in [6, 6.07) is 5.09. The molecule has 7 fully saturated rings. The van der Waals surface area contributed by atoms with Crippen LogP contribution < -0.4 is 0 Å². The molecule has 7 aliphatic rings. The molecule has 7 saturated heterocycles. The molecule has 2 atom stereocenters. The maximum Gasteiger partial charge on any atom is 0.228 e. The van der Waals surface area contributed by atoms with E-state index in [4.69, 9.17) is 9.47 Å². The van der Waals surface area contributed by atoms with Crippen LogP contribution in [0.4, 0.5) is 0 Å². The summed E-state index contributed by atoms with van der Waals surface area (Å²) in [5.41, 5.74) is 1.44. The summed E-state index contributed by atoms with van der Waals surface area (Å²) in [5.74, 6) is 0.278. The third-order valence-electron chi connectivity index (χ3n) is 16.6. The normalized spacial score (nSPS) is 23.6. The monoisotopic (exact) mass is 1110 g/mol. The minimum Gasteiger partial charge on any atom is -0.379 e. The lowest BCUT2D eigenvalue weighted by Gasteiger charge is -2.41. The first-order valence-electron chi connectivity index (χ1n) is 31.3. The zero-order valence-electron chi connectivity index (χ0n) is 54.4. The first kappa shape index (κ1) is 76.6. The Hall–Kier alpha value is -1.39. The van der Waals surface area contributed by atoms with Gasteiger partial charge in [-0.3, -0.25) is 29.3 Å². The summed E-state index contributed by atoms with van der Waals surface area (Å²) in [5, 5.41) is 0. The van der Waals surface area contributed by atoms with E-state index >= 15 is 0 Å². The number of likely N-dealkylation sites (N-methyl/N-ethyl adjacent to an activating group) is 1. The van der Waals surface area contributed by atoms with Crippen LogP contribution in [0.25, 0.3) is 0 Å². The molecule has 0 aliphatic carbocycles. The SMILES string of the molecule is C.C.C=C(CC(C)(C)C)N1CCN(C(C)C)CC1.CC(C)N1CCC(N2CCOCC2)CC1.CC(C)N1CCCCC1.CC(C)N1CCN(C(C)C)CC1.CC1CN(C(C)C)CC(C)O1.CN1CCN(C(=O)C(C)(C)C)CC1. The van der Waals surface area contributed by atoms with Crippen LogP contribution in [0.5, 0.6) is 0 Å². The van der Waals surface area contributed by atoms with E-state index < -0.39 is 0 Å². The van der Waals surface area contributed by atoms with Crippen molar-refractivity contribution in [2.45, 2.75) is 246 Å². The molecular weight excluding hydrogens is 969 g/mol. The quantitative estimate of drug-likeness (QED) is 0.221. The molecule has 0 aromatic carbocycles. The number of piperazine rings is 3. The number of ether oxygens (including phenoxy) is 2. The lowest BCUT2D eigenvalue weighted by atomic mass is 9.90. The largest absolute Gasteiger partial charge is 0.379 e. The van der Waals surface area contributed by atoms with Crippen molar-refractivity contribution in [3.8, 4) is 0 Å². The van der Waals surface area contributed by atoms with E-state index in [-0.39, 0.29) is 26.2 Å². The average Bonchev–Trinajstić information content (AvgIpc) is 3.37. The van der Waals surface area contributed by atoms with Gasteiger partial charge in [-0.25, -0.2) is 0 Å². The summed E-state index contributed by atoms with van der Waals surface area (Å²) in [6.45, 7) is 73.6. The number of carbonyl (C=O) groups is 1. The average molecular weight is 1110 g/mol. The highest BCUT2D eigenvalue weighted by atomic mass is 16.5. The highest BCUT2D eigenvalue weighted by Crippen LogP contribution is 2.26. The van der Waals surface area contributed by atoms with Crippen molar-refractivity contribution >= 4 is 5.91 Å². The van der Waals surface area contributed by atoms with Gasteiger partial charge in [0.25, 0.3) is 0 Å². The molecular formula is C65H138N10O3. The minimum atomic E-state index is -0.226. The predicted octanol–water partition coefficient (Wildman–Crippen LogP) is 11.0. The van der Waals surface area contributed by atoms with Crippen molar-refractivity contribution in [1.29, 1.82) is 0 Å². The Labute approximate surface area is 487 Å². The van der Waals surface area contributed by atoms with Crippen molar-refractivity contribution < 1.29 is 14.3 Å². The second-order valence-corrected chi connectivity index (χ2v) is 27.5. The Morgan fingerprint density at radius 1 is 0.474 bits per heavy atom. The number of amides is 1. The van der Waals surface area contributed by atoms with E-state index in [1.54, 1.807) is 0 Å². The van der Waals surface area contributed by atoms with Gasteiger partial charge >= 0.3 is 0 Å². The number of nitrogens with zero attached hydrogens (tertiary/aromatic N) is 10. The van der Waals surface area contributed by atoms with Gasteiger partial charge in [0.2, 0.25) is 5.91 Å². The molecule has 0 N–H and O–H groups in total. The van der Waals surface area contributed by atoms with Crippen molar-refractivity contribution in [2.24, 2.45) is 10.8 Å². The fourth-order valence-electron chi connectivity index (χ4n) is 11.3. The Balaban J connectivity index is 0.000000915. The summed E-state index contributed by atoms with van der Waals surface area (Å²) in [7, 11) is 2.10. The molecule has 0 bridgehead atoms. The molecule has 0 saturated carbocycles. The van der Waals surface area contributed by atoms with E-state index in [0.29, 0.717) is 29.7 Å². The Morgan fingerprint density at radius 3 is 1.17 bits per heavy atom. The number of carbonyl (C=O) groups excluding carboxylic acids is 1. The van der Waals surface area contributed by atoms with Crippen molar-refractivity contribution in [2.75, 3.05) is 151 Å². The summed E-state index contributed by atoms with van der Waals surface area (Å²) in [6.07, 6.45) is 8.88. The first-order valence-corrected chi connectivity index (χ1v) is 31.3. The van der Waals surface area contributed by atoms with Crippen molar-refractivity contribution in [3.05, 3.63) is 12.3 Å². The molecule has 0 aromatic heterocycles. The van der Waals surface area contributed by atoms with Gasteiger partial charge < -0.3 is 34.0 Å². The van der Waals surface area contributed by atoms with Gasteiger partial charge in [-0.1, -0.05) is 69.4 Å². The van der Waals surface area contributed by atoms with Crippen LogP contribution in [0.15, 0.2) is 12.3 Å².